The third kappa shape index (κ3) is 3.91. The van der Waals surface area contributed by atoms with E-state index in [9.17, 15) is 15.0 Å². The number of ether oxygens (including phenoxy) is 2. The Kier molecular flexibility index (Phi) is 5.74. The molecular formula is C26H22ClN3O5. The second-order valence-electron chi connectivity index (χ2n) is 8.14. The first-order valence-electron chi connectivity index (χ1n) is 10.8. The Morgan fingerprint density at radius 1 is 1.00 bits per heavy atom. The predicted octanol–water partition coefficient (Wildman–Crippen LogP) is 4.90. The van der Waals surface area contributed by atoms with E-state index in [4.69, 9.17) is 21.1 Å². The van der Waals surface area contributed by atoms with Gasteiger partial charge in [-0.15, -0.1) is 0 Å². The van der Waals surface area contributed by atoms with Gasteiger partial charge in [0.2, 0.25) is 0 Å². The third-order valence-electron chi connectivity index (χ3n) is 6.11. The molecule has 2 heterocycles. The quantitative estimate of drug-likeness (QED) is 0.354. The first kappa shape index (κ1) is 22.6. The number of amides is 1. The fraction of sp³-hybridized carbons (Fsp3) is 0.154. The molecule has 0 aliphatic carbocycles. The summed E-state index contributed by atoms with van der Waals surface area (Å²) >= 11 is 6.20. The van der Waals surface area contributed by atoms with Crippen LogP contribution in [0.3, 0.4) is 0 Å². The molecule has 1 aliphatic heterocycles. The molecule has 1 atom stereocenters. The smallest absolute Gasteiger partial charge is 0.273 e. The normalized spacial score (nSPS) is 14.8. The summed E-state index contributed by atoms with van der Waals surface area (Å²) in [6, 6.07) is 16.5. The molecule has 35 heavy (non-hydrogen) atoms. The first-order valence-corrected chi connectivity index (χ1v) is 11.2. The van der Waals surface area contributed by atoms with Crippen molar-refractivity contribution in [1.82, 2.24) is 15.1 Å². The van der Waals surface area contributed by atoms with Crippen molar-refractivity contribution in [2.75, 3.05) is 14.2 Å². The maximum Gasteiger partial charge on any atom is 0.273 e. The minimum atomic E-state index is -0.568. The van der Waals surface area contributed by atoms with Crippen molar-refractivity contribution < 1.29 is 24.5 Å². The molecule has 3 N–H and O–H groups in total. The van der Waals surface area contributed by atoms with Crippen LogP contribution >= 0.6 is 11.6 Å². The number of nitrogens with zero attached hydrogens (tertiary/aromatic N) is 2. The molecule has 1 aliphatic rings. The highest BCUT2D eigenvalue weighted by Crippen LogP contribution is 2.46. The Balaban J connectivity index is 1.66. The fourth-order valence-electron chi connectivity index (χ4n) is 4.40. The minimum absolute atomic E-state index is 0.00760. The lowest BCUT2D eigenvalue weighted by Crippen LogP contribution is -2.29. The van der Waals surface area contributed by atoms with Gasteiger partial charge in [-0.25, -0.2) is 0 Å². The van der Waals surface area contributed by atoms with Crippen molar-refractivity contribution in [2.24, 2.45) is 0 Å². The maximum absolute atomic E-state index is 13.6. The molecule has 1 aromatic heterocycles. The summed E-state index contributed by atoms with van der Waals surface area (Å²) < 4.78 is 10.6. The standard InChI is InChI=1S/C26H22ClN3O5/c1-34-17-7-3-14(4-8-17)13-30-25(15-5-9-20(32)21(11-15)35-2)22-23(28-29-24(22)26(30)33)18-12-16(27)6-10-19(18)31/h3-12,25,31-32H,13H2,1-2H3,(H,28,29). The molecule has 4 aromatic rings. The summed E-state index contributed by atoms with van der Waals surface area (Å²) in [5.41, 5.74) is 3.37. The topological polar surface area (TPSA) is 108 Å². The average molecular weight is 492 g/mol. The summed E-state index contributed by atoms with van der Waals surface area (Å²) in [6.45, 7) is 0.306. The third-order valence-corrected chi connectivity index (χ3v) is 6.34. The van der Waals surface area contributed by atoms with Gasteiger partial charge in [0.25, 0.3) is 5.91 Å². The number of hydrogen-bond acceptors (Lipinski definition) is 6. The Morgan fingerprint density at radius 2 is 1.74 bits per heavy atom. The summed E-state index contributed by atoms with van der Waals surface area (Å²) in [5.74, 6) is 0.736. The van der Waals surface area contributed by atoms with Crippen LogP contribution in [0.2, 0.25) is 5.02 Å². The molecule has 5 rings (SSSR count). The van der Waals surface area contributed by atoms with Gasteiger partial charge in [0.05, 0.1) is 20.3 Å². The number of fused-ring (bicyclic) bond motifs is 1. The highest BCUT2D eigenvalue weighted by atomic mass is 35.5. The highest BCUT2D eigenvalue weighted by Gasteiger charge is 2.42. The number of phenolic OH excluding ortho intramolecular Hbond substituents is 2. The number of carbonyl (C=O) groups excluding carboxylic acids is 1. The lowest BCUT2D eigenvalue weighted by Gasteiger charge is -2.27. The SMILES string of the molecule is COc1ccc(CN2C(=O)c3[nH]nc(-c4cc(Cl)ccc4O)c3C2c2ccc(O)c(OC)c2)cc1. The van der Waals surface area contributed by atoms with E-state index in [0.29, 0.717) is 39.6 Å². The molecule has 1 unspecified atom stereocenters. The zero-order valence-corrected chi connectivity index (χ0v) is 19.7. The van der Waals surface area contributed by atoms with Crippen LogP contribution in [-0.2, 0) is 6.54 Å². The van der Waals surface area contributed by atoms with Gasteiger partial charge in [-0.2, -0.15) is 5.10 Å². The van der Waals surface area contributed by atoms with Gasteiger partial charge in [-0.3, -0.25) is 9.89 Å². The number of hydrogen-bond donors (Lipinski definition) is 3. The molecule has 0 spiro atoms. The number of rotatable bonds is 6. The second kappa shape index (κ2) is 8.88. The number of benzene rings is 3. The van der Waals surface area contributed by atoms with Crippen LogP contribution < -0.4 is 9.47 Å². The van der Waals surface area contributed by atoms with Crippen molar-refractivity contribution in [3.8, 4) is 34.3 Å². The number of carbonyl (C=O) groups is 1. The molecule has 0 bridgehead atoms. The zero-order chi connectivity index (χ0) is 24.7. The Bertz CT molecular complexity index is 1420. The number of H-pyrrole nitrogens is 1. The fourth-order valence-corrected chi connectivity index (χ4v) is 4.57. The number of aromatic nitrogens is 2. The summed E-state index contributed by atoms with van der Waals surface area (Å²) in [4.78, 5) is 15.3. The lowest BCUT2D eigenvalue weighted by molar-refractivity contribution is 0.0730. The molecule has 0 fully saturated rings. The molecule has 1 amide bonds. The number of methoxy groups -OCH3 is 2. The van der Waals surface area contributed by atoms with Gasteiger partial charge < -0.3 is 24.6 Å². The summed E-state index contributed by atoms with van der Waals surface area (Å²) in [7, 11) is 3.06. The van der Waals surface area contributed by atoms with Crippen LogP contribution in [0, 0.1) is 0 Å². The number of phenols is 2. The van der Waals surface area contributed by atoms with E-state index in [1.807, 2.05) is 24.3 Å². The van der Waals surface area contributed by atoms with Gasteiger partial charge in [0.1, 0.15) is 22.9 Å². The summed E-state index contributed by atoms with van der Waals surface area (Å²) in [6.07, 6.45) is 0. The Hall–Kier alpha value is -4.17. The zero-order valence-electron chi connectivity index (χ0n) is 18.9. The summed E-state index contributed by atoms with van der Waals surface area (Å²) in [5, 5.41) is 28.4. The van der Waals surface area contributed by atoms with Crippen LogP contribution in [0.15, 0.2) is 60.7 Å². The highest BCUT2D eigenvalue weighted by molar-refractivity contribution is 6.31. The van der Waals surface area contributed by atoms with Crippen LogP contribution in [0.4, 0.5) is 0 Å². The molecule has 8 nitrogen and oxygen atoms in total. The van der Waals surface area contributed by atoms with Crippen LogP contribution in [-0.4, -0.2) is 45.4 Å². The predicted molar refractivity (Wildman–Crippen MR) is 130 cm³/mol. The number of aromatic hydroxyl groups is 2. The molecule has 3 aromatic carbocycles. The molecular weight excluding hydrogens is 470 g/mol. The largest absolute Gasteiger partial charge is 0.507 e. The van der Waals surface area contributed by atoms with Gasteiger partial charge in [-0.1, -0.05) is 29.8 Å². The van der Waals surface area contributed by atoms with Crippen LogP contribution in [0.25, 0.3) is 11.3 Å². The van der Waals surface area contributed by atoms with Gasteiger partial charge >= 0.3 is 0 Å². The minimum Gasteiger partial charge on any atom is -0.507 e. The van der Waals surface area contributed by atoms with Crippen molar-refractivity contribution >= 4 is 17.5 Å². The lowest BCUT2D eigenvalue weighted by atomic mass is 9.95. The molecule has 0 saturated heterocycles. The van der Waals surface area contributed by atoms with E-state index < -0.39 is 6.04 Å². The second-order valence-corrected chi connectivity index (χ2v) is 8.57. The molecule has 0 radical (unpaired) electrons. The van der Waals surface area contributed by atoms with Crippen LogP contribution in [0.5, 0.6) is 23.0 Å². The Morgan fingerprint density at radius 3 is 2.46 bits per heavy atom. The van der Waals surface area contributed by atoms with Crippen molar-refractivity contribution in [1.29, 1.82) is 0 Å². The van der Waals surface area contributed by atoms with E-state index in [2.05, 4.69) is 10.2 Å². The van der Waals surface area contributed by atoms with E-state index in [1.165, 1.54) is 19.2 Å². The Labute approximate surface area is 206 Å². The maximum atomic E-state index is 13.6. The van der Waals surface area contributed by atoms with Gasteiger partial charge in [-0.05, 0) is 53.6 Å². The molecule has 0 saturated carbocycles. The van der Waals surface area contributed by atoms with Crippen LogP contribution in [0.1, 0.15) is 33.2 Å². The first-order chi connectivity index (χ1) is 16.9. The number of nitrogens with one attached hydrogen (secondary N) is 1. The van der Waals surface area contributed by atoms with E-state index >= 15 is 0 Å². The monoisotopic (exact) mass is 491 g/mol. The molecule has 178 valence electrons. The number of aromatic amines is 1. The molecule has 9 heteroatoms. The number of halogens is 1. The van der Waals surface area contributed by atoms with Gasteiger partial charge in [0, 0.05) is 22.7 Å². The van der Waals surface area contributed by atoms with E-state index in [1.54, 1.807) is 36.3 Å². The van der Waals surface area contributed by atoms with E-state index in [0.717, 1.165) is 11.3 Å². The van der Waals surface area contributed by atoms with Crippen molar-refractivity contribution in [3.05, 3.63) is 88.1 Å². The van der Waals surface area contributed by atoms with Crippen molar-refractivity contribution in [3.63, 3.8) is 0 Å². The van der Waals surface area contributed by atoms with E-state index in [-0.39, 0.29) is 23.2 Å². The average Bonchev–Trinajstić information content (AvgIpc) is 3.40. The van der Waals surface area contributed by atoms with Crippen molar-refractivity contribution in [2.45, 2.75) is 12.6 Å². The van der Waals surface area contributed by atoms with Gasteiger partial charge in [0.15, 0.2) is 11.5 Å².